The number of ether oxygens (including phenoxy) is 1. The van der Waals surface area contributed by atoms with Gasteiger partial charge in [0.2, 0.25) is 0 Å². The van der Waals surface area contributed by atoms with E-state index in [4.69, 9.17) is 9.84 Å². The molecule has 0 bridgehead atoms. The molecule has 15 heavy (non-hydrogen) atoms. The molecule has 0 amide bonds. The van der Waals surface area contributed by atoms with E-state index in [1.54, 1.807) is 0 Å². The highest BCUT2D eigenvalue weighted by molar-refractivity contribution is 5.67. The number of hydrogen-bond acceptors (Lipinski definition) is 3. The molecule has 2 saturated heterocycles. The summed E-state index contributed by atoms with van der Waals surface area (Å²) in [4.78, 5) is 10.6. The molecule has 0 unspecified atom stereocenters. The number of piperidine rings is 1. The molecule has 2 rings (SSSR count). The van der Waals surface area contributed by atoms with Gasteiger partial charge in [0.1, 0.15) is 0 Å². The molecule has 0 aromatic carbocycles. The number of aliphatic carboxylic acids is 1. The second kappa shape index (κ2) is 4.49. The van der Waals surface area contributed by atoms with Crippen LogP contribution in [0.25, 0.3) is 0 Å². The predicted molar refractivity (Wildman–Crippen MR) is 55.8 cm³/mol. The molecule has 2 N–H and O–H groups in total. The zero-order chi connectivity index (χ0) is 10.7. The summed E-state index contributed by atoms with van der Waals surface area (Å²) in [7, 11) is 0. The third kappa shape index (κ3) is 2.69. The Morgan fingerprint density at radius 2 is 2.13 bits per heavy atom. The molecule has 1 spiro atoms. The van der Waals surface area contributed by atoms with Crippen molar-refractivity contribution >= 4 is 5.97 Å². The molecule has 1 atom stereocenters. The smallest absolute Gasteiger partial charge is 0.303 e. The van der Waals surface area contributed by atoms with Crippen LogP contribution in [0.1, 0.15) is 32.1 Å². The normalized spacial score (nSPS) is 30.3. The number of carboxylic acid groups (broad SMARTS) is 1. The van der Waals surface area contributed by atoms with Crippen molar-refractivity contribution in [2.75, 3.05) is 19.7 Å². The third-order valence-electron chi connectivity index (χ3n) is 3.61. The molecule has 0 saturated carbocycles. The second-order valence-corrected chi connectivity index (χ2v) is 4.75. The molecule has 0 aromatic heterocycles. The maximum Gasteiger partial charge on any atom is 0.303 e. The van der Waals surface area contributed by atoms with E-state index in [1.165, 1.54) is 0 Å². The summed E-state index contributed by atoms with van der Waals surface area (Å²) in [5, 5.41) is 12.0. The lowest BCUT2D eigenvalue weighted by molar-refractivity contribution is -0.145. The average molecular weight is 213 g/mol. The monoisotopic (exact) mass is 213 g/mol. The van der Waals surface area contributed by atoms with Gasteiger partial charge in [0.25, 0.3) is 0 Å². The van der Waals surface area contributed by atoms with Crippen molar-refractivity contribution in [1.82, 2.24) is 5.32 Å². The van der Waals surface area contributed by atoms with Crippen LogP contribution in [-0.4, -0.2) is 36.4 Å². The molecule has 86 valence electrons. The molecule has 2 heterocycles. The Morgan fingerprint density at radius 1 is 1.40 bits per heavy atom. The van der Waals surface area contributed by atoms with Crippen molar-refractivity contribution in [1.29, 1.82) is 0 Å². The summed E-state index contributed by atoms with van der Waals surface area (Å²) in [6.07, 6.45) is 4.45. The topological polar surface area (TPSA) is 58.6 Å². The first-order valence-corrected chi connectivity index (χ1v) is 5.77. The van der Waals surface area contributed by atoms with E-state index >= 15 is 0 Å². The third-order valence-corrected chi connectivity index (χ3v) is 3.61. The summed E-state index contributed by atoms with van der Waals surface area (Å²) in [5.74, 6) is -0.479. The number of carbonyl (C=O) groups is 1. The van der Waals surface area contributed by atoms with Crippen LogP contribution >= 0.6 is 0 Å². The lowest BCUT2D eigenvalue weighted by atomic mass is 9.81. The maximum atomic E-state index is 10.6. The standard InChI is InChI=1S/C11H19NO3/c13-10(14)7-9-1-2-11(15-8-9)3-5-12-6-4-11/h9,12H,1-8H2,(H,13,14)/t9-/m1/s1. The molecule has 4 heteroatoms. The van der Waals surface area contributed by atoms with Gasteiger partial charge < -0.3 is 15.2 Å². The second-order valence-electron chi connectivity index (χ2n) is 4.75. The van der Waals surface area contributed by atoms with Crippen LogP contribution in [0.2, 0.25) is 0 Å². The maximum absolute atomic E-state index is 10.6. The zero-order valence-corrected chi connectivity index (χ0v) is 9.00. The fraction of sp³-hybridized carbons (Fsp3) is 0.909. The predicted octanol–water partition coefficient (Wildman–Crippen LogP) is 1.01. The Labute approximate surface area is 90.0 Å². The first-order chi connectivity index (χ1) is 7.20. The van der Waals surface area contributed by atoms with Gasteiger partial charge in [0.05, 0.1) is 18.6 Å². The van der Waals surface area contributed by atoms with E-state index in [0.29, 0.717) is 6.61 Å². The number of nitrogens with one attached hydrogen (secondary N) is 1. The summed E-state index contributed by atoms with van der Waals surface area (Å²) >= 11 is 0. The summed E-state index contributed by atoms with van der Waals surface area (Å²) in [6, 6.07) is 0. The van der Waals surface area contributed by atoms with Gasteiger partial charge in [-0.15, -0.1) is 0 Å². The molecule has 2 aliphatic rings. The van der Waals surface area contributed by atoms with Gasteiger partial charge in [0, 0.05) is 0 Å². The van der Waals surface area contributed by atoms with E-state index in [1.807, 2.05) is 0 Å². The molecule has 2 fully saturated rings. The minimum atomic E-state index is -0.704. The van der Waals surface area contributed by atoms with Crippen molar-refractivity contribution < 1.29 is 14.6 Å². The summed E-state index contributed by atoms with van der Waals surface area (Å²) in [5.41, 5.74) is 0.0697. The van der Waals surface area contributed by atoms with Crippen molar-refractivity contribution in [2.45, 2.75) is 37.7 Å². The highest BCUT2D eigenvalue weighted by atomic mass is 16.5. The van der Waals surface area contributed by atoms with E-state index in [2.05, 4.69) is 5.32 Å². The summed E-state index contributed by atoms with van der Waals surface area (Å²) in [6.45, 7) is 2.69. The molecule has 0 aliphatic carbocycles. The quantitative estimate of drug-likeness (QED) is 0.718. The van der Waals surface area contributed by atoms with Gasteiger partial charge in [-0.25, -0.2) is 0 Å². The number of rotatable bonds is 2. The van der Waals surface area contributed by atoms with Crippen LogP contribution in [0, 0.1) is 5.92 Å². The minimum absolute atomic E-state index is 0.0697. The number of hydrogen-bond donors (Lipinski definition) is 2. The fourth-order valence-electron chi connectivity index (χ4n) is 2.60. The van der Waals surface area contributed by atoms with Crippen LogP contribution in [0.4, 0.5) is 0 Å². The van der Waals surface area contributed by atoms with Crippen molar-refractivity contribution in [2.24, 2.45) is 5.92 Å². The molecule has 2 aliphatic heterocycles. The van der Waals surface area contributed by atoms with Crippen molar-refractivity contribution in [3.63, 3.8) is 0 Å². The largest absolute Gasteiger partial charge is 0.481 e. The highest BCUT2D eigenvalue weighted by Crippen LogP contribution is 2.35. The minimum Gasteiger partial charge on any atom is -0.481 e. The van der Waals surface area contributed by atoms with Gasteiger partial charge in [-0.1, -0.05) is 0 Å². The molecule has 0 aromatic rings. The SMILES string of the molecule is O=C(O)C[C@H]1CCC2(CCNCC2)OC1. The van der Waals surface area contributed by atoms with Crippen LogP contribution in [-0.2, 0) is 9.53 Å². The Bertz CT molecular complexity index is 226. The molecular formula is C11H19NO3. The summed E-state index contributed by atoms with van der Waals surface area (Å²) < 4.78 is 5.92. The lowest BCUT2D eigenvalue weighted by Crippen LogP contribution is -2.47. The van der Waals surface area contributed by atoms with Crippen LogP contribution in [0.15, 0.2) is 0 Å². The van der Waals surface area contributed by atoms with Gasteiger partial charge >= 0.3 is 5.97 Å². The first kappa shape index (κ1) is 10.9. The average Bonchev–Trinajstić information content (AvgIpc) is 2.23. The fourth-order valence-corrected chi connectivity index (χ4v) is 2.60. The van der Waals surface area contributed by atoms with E-state index in [0.717, 1.165) is 38.8 Å². The molecular weight excluding hydrogens is 194 g/mol. The zero-order valence-electron chi connectivity index (χ0n) is 9.00. The molecule has 0 radical (unpaired) electrons. The Hall–Kier alpha value is -0.610. The van der Waals surface area contributed by atoms with Gasteiger partial charge in [-0.2, -0.15) is 0 Å². The number of carboxylic acids is 1. The van der Waals surface area contributed by atoms with Crippen LogP contribution in [0.5, 0.6) is 0 Å². The Morgan fingerprint density at radius 3 is 2.67 bits per heavy atom. The Balaban J connectivity index is 1.82. The highest BCUT2D eigenvalue weighted by Gasteiger charge is 2.37. The van der Waals surface area contributed by atoms with E-state index in [-0.39, 0.29) is 17.9 Å². The van der Waals surface area contributed by atoms with Gasteiger partial charge in [-0.3, -0.25) is 4.79 Å². The molecule has 4 nitrogen and oxygen atoms in total. The van der Waals surface area contributed by atoms with Crippen molar-refractivity contribution in [3.05, 3.63) is 0 Å². The van der Waals surface area contributed by atoms with E-state index in [9.17, 15) is 4.79 Å². The van der Waals surface area contributed by atoms with Gasteiger partial charge in [0.15, 0.2) is 0 Å². The van der Waals surface area contributed by atoms with Crippen LogP contribution < -0.4 is 5.32 Å². The van der Waals surface area contributed by atoms with Gasteiger partial charge in [-0.05, 0) is 44.7 Å². The van der Waals surface area contributed by atoms with E-state index < -0.39 is 5.97 Å². The van der Waals surface area contributed by atoms with Crippen LogP contribution in [0.3, 0.4) is 0 Å². The lowest BCUT2D eigenvalue weighted by Gasteiger charge is -2.42. The Kier molecular flexibility index (Phi) is 3.26. The first-order valence-electron chi connectivity index (χ1n) is 5.77. The van der Waals surface area contributed by atoms with Crippen molar-refractivity contribution in [3.8, 4) is 0 Å².